The molecule has 0 bridgehead atoms. The lowest BCUT2D eigenvalue weighted by molar-refractivity contribution is 0.0526. The van der Waals surface area contributed by atoms with E-state index in [1.165, 1.54) is 0 Å². The van der Waals surface area contributed by atoms with Crippen molar-refractivity contribution in [3.63, 3.8) is 0 Å². The molecule has 17 heavy (non-hydrogen) atoms. The van der Waals surface area contributed by atoms with Crippen molar-refractivity contribution in [3.05, 3.63) is 29.8 Å². The molecule has 1 fully saturated rings. The average molecular weight is 252 g/mol. The molecule has 0 spiro atoms. The van der Waals surface area contributed by atoms with Crippen molar-refractivity contribution in [1.82, 2.24) is 0 Å². The van der Waals surface area contributed by atoms with Crippen LogP contribution in [0.2, 0.25) is 0 Å². The van der Waals surface area contributed by atoms with Crippen molar-refractivity contribution in [2.45, 2.75) is 19.8 Å². The van der Waals surface area contributed by atoms with Gasteiger partial charge in [-0.15, -0.1) is 0 Å². The van der Waals surface area contributed by atoms with E-state index >= 15 is 0 Å². The maximum Gasteiger partial charge on any atom is 0.338 e. The van der Waals surface area contributed by atoms with Crippen LogP contribution in [0.5, 0.6) is 0 Å². The SMILES string of the molecule is CCOC(=O)c1ccc(P2(=O)CCCC2)cc1. The van der Waals surface area contributed by atoms with Gasteiger partial charge in [-0.25, -0.2) is 4.79 Å². The summed E-state index contributed by atoms with van der Waals surface area (Å²) in [5.41, 5.74) is 0.529. The Morgan fingerprint density at radius 3 is 2.35 bits per heavy atom. The third-order valence-corrected chi connectivity index (χ3v) is 6.45. The first-order valence-electron chi connectivity index (χ1n) is 6.01. The molecular weight excluding hydrogens is 235 g/mol. The maximum absolute atomic E-state index is 12.5. The Labute approximate surface area is 102 Å². The summed E-state index contributed by atoms with van der Waals surface area (Å²) in [5, 5.41) is 0.906. The smallest absolute Gasteiger partial charge is 0.338 e. The predicted octanol–water partition coefficient (Wildman–Crippen LogP) is 2.65. The van der Waals surface area contributed by atoms with Crippen LogP contribution in [0, 0.1) is 0 Å². The van der Waals surface area contributed by atoms with Crippen LogP contribution in [0.1, 0.15) is 30.1 Å². The van der Waals surface area contributed by atoms with E-state index in [0.717, 1.165) is 30.5 Å². The van der Waals surface area contributed by atoms with Crippen LogP contribution in [0.25, 0.3) is 0 Å². The van der Waals surface area contributed by atoms with E-state index in [1.54, 1.807) is 19.1 Å². The highest BCUT2D eigenvalue weighted by atomic mass is 31.2. The average Bonchev–Trinajstić information content (AvgIpc) is 2.78. The normalized spacial score (nSPS) is 17.9. The van der Waals surface area contributed by atoms with Crippen LogP contribution >= 0.6 is 7.14 Å². The van der Waals surface area contributed by atoms with Gasteiger partial charge in [0, 0.05) is 17.6 Å². The second-order valence-corrected chi connectivity index (χ2v) is 7.50. The number of hydrogen-bond acceptors (Lipinski definition) is 3. The third kappa shape index (κ3) is 2.61. The van der Waals surface area contributed by atoms with E-state index in [4.69, 9.17) is 4.74 Å². The van der Waals surface area contributed by atoms with E-state index < -0.39 is 7.14 Å². The Hall–Kier alpha value is -1.08. The summed E-state index contributed by atoms with van der Waals surface area (Å²) in [5.74, 6) is -0.316. The van der Waals surface area contributed by atoms with E-state index in [1.807, 2.05) is 12.1 Å². The Morgan fingerprint density at radius 2 is 1.82 bits per heavy atom. The zero-order valence-electron chi connectivity index (χ0n) is 10.0. The molecule has 1 aromatic carbocycles. The van der Waals surface area contributed by atoms with Crippen LogP contribution in [-0.4, -0.2) is 24.9 Å². The molecule has 3 nitrogen and oxygen atoms in total. The number of hydrogen-bond donors (Lipinski definition) is 0. The van der Waals surface area contributed by atoms with Gasteiger partial charge in [-0.05, 0) is 31.9 Å². The molecule has 0 atom stereocenters. The predicted molar refractivity (Wildman–Crippen MR) is 68.6 cm³/mol. The first kappa shape index (κ1) is 12.4. The third-order valence-electron chi connectivity index (χ3n) is 3.14. The van der Waals surface area contributed by atoms with Gasteiger partial charge in [-0.1, -0.05) is 12.1 Å². The summed E-state index contributed by atoms with van der Waals surface area (Å²) in [7, 11) is -2.14. The topological polar surface area (TPSA) is 43.4 Å². The Balaban J connectivity index is 2.18. The van der Waals surface area contributed by atoms with Crippen molar-refractivity contribution in [1.29, 1.82) is 0 Å². The van der Waals surface area contributed by atoms with E-state index in [2.05, 4.69) is 0 Å². The molecule has 4 heteroatoms. The molecule has 0 aliphatic carbocycles. The van der Waals surface area contributed by atoms with Gasteiger partial charge < -0.3 is 9.30 Å². The number of carbonyl (C=O) groups excluding carboxylic acids is 1. The number of esters is 1. The zero-order chi connectivity index (χ0) is 12.3. The summed E-state index contributed by atoms with van der Waals surface area (Å²) in [4.78, 5) is 11.5. The summed E-state index contributed by atoms with van der Waals surface area (Å²) in [6.07, 6.45) is 3.73. The monoisotopic (exact) mass is 252 g/mol. The number of rotatable bonds is 3. The molecule has 0 saturated carbocycles. The van der Waals surface area contributed by atoms with Gasteiger partial charge >= 0.3 is 5.97 Å². The van der Waals surface area contributed by atoms with Crippen LogP contribution in [0.3, 0.4) is 0 Å². The number of benzene rings is 1. The quantitative estimate of drug-likeness (QED) is 0.613. The molecule has 1 heterocycles. The lowest BCUT2D eigenvalue weighted by Gasteiger charge is -2.11. The Morgan fingerprint density at radius 1 is 1.24 bits per heavy atom. The van der Waals surface area contributed by atoms with Crippen molar-refractivity contribution >= 4 is 18.4 Å². The van der Waals surface area contributed by atoms with Crippen LogP contribution in [0.15, 0.2) is 24.3 Å². The standard InChI is InChI=1S/C13H17O3P/c1-2-16-13(14)11-5-7-12(8-6-11)17(15)9-3-4-10-17/h5-8H,2-4,9-10H2,1H3. The zero-order valence-corrected chi connectivity index (χ0v) is 10.9. The molecule has 2 rings (SSSR count). The lowest BCUT2D eigenvalue weighted by atomic mass is 10.2. The molecule has 1 aromatic rings. The molecule has 1 aliphatic heterocycles. The largest absolute Gasteiger partial charge is 0.462 e. The van der Waals surface area contributed by atoms with Crippen LogP contribution in [0.4, 0.5) is 0 Å². The summed E-state index contributed by atoms with van der Waals surface area (Å²) in [6, 6.07) is 7.06. The first-order chi connectivity index (χ1) is 8.15. The fourth-order valence-electron chi connectivity index (χ4n) is 2.19. The molecular formula is C13H17O3P. The van der Waals surface area contributed by atoms with Crippen molar-refractivity contribution < 1.29 is 14.1 Å². The Bertz CT molecular complexity index is 440. The first-order valence-corrected chi connectivity index (χ1v) is 8.09. The van der Waals surface area contributed by atoms with E-state index in [-0.39, 0.29) is 5.97 Å². The summed E-state index contributed by atoms with van der Waals surface area (Å²) >= 11 is 0. The number of carbonyl (C=O) groups is 1. The summed E-state index contributed by atoms with van der Waals surface area (Å²) < 4.78 is 17.4. The van der Waals surface area contributed by atoms with Gasteiger partial charge in [0.15, 0.2) is 0 Å². The molecule has 0 radical (unpaired) electrons. The molecule has 1 saturated heterocycles. The summed E-state index contributed by atoms with van der Waals surface area (Å²) in [6.45, 7) is 2.15. The van der Waals surface area contributed by atoms with Gasteiger partial charge in [0.05, 0.1) is 12.2 Å². The highest BCUT2D eigenvalue weighted by Gasteiger charge is 2.28. The van der Waals surface area contributed by atoms with Gasteiger partial charge in [-0.2, -0.15) is 0 Å². The van der Waals surface area contributed by atoms with Gasteiger partial charge in [0.1, 0.15) is 7.14 Å². The second kappa shape index (κ2) is 5.05. The minimum atomic E-state index is -2.14. The van der Waals surface area contributed by atoms with Gasteiger partial charge in [-0.3, -0.25) is 0 Å². The van der Waals surface area contributed by atoms with Crippen molar-refractivity contribution in [3.8, 4) is 0 Å². The highest BCUT2D eigenvalue weighted by Crippen LogP contribution is 2.50. The molecule has 1 aliphatic rings. The fraction of sp³-hybridized carbons (Fsp3) is 0.462. The van der Waals surface area contributed by atoms with E-state index in [0.29, 0.717) is 12.2 Å². The molecule has 0 amide bonds. The van der Waals surface area contributed by atoms with Crippen molar-refractivity contribution in [2.24, 2.45) is 0 Å². The minimum absolute atomic E-state index is 0.316. The van der Waals surface area contributed by atoms with Gasteiger partial charge in [0.2, 0.25) is 0 Å². The molecule has 0 aromatic heterocycles. The van der Waals surface area contributed by atoms with Gasteiger partial charge in [0.25, 0.3) is 0 Å². The van der Waals surface area contributed by atoms with Crippen LogP contribution in [-0.2, 0) is 9.30 Å². The minimum Gasteiger partial charge on any atom is -0.462 e. The highest BCUT2D eigenvalue weighted by molar-refractivity contribution is 7.71. The lowest BCUT2D eigenvalue weighted by Crippen LogP contribution is -2.09. The molecule has 0 unspecified atom stereocenters. The van der Waals surface area contributed by atoms with Crippen LogP contribution < -0.4 is 5.30 Å². The molecule has 0 N–H and O–H groups in total. The van der Waals surface area contributed by atoms with E-state index in [9.17, 15) is 9.36 Å². The fourth-order valence-corrected chi connectivity index (χ4v) is 5.09. The molecule has 92 valence electrons. The second-order valence-electron chi connectivity index (χ2n) is 4.31. The Kier molecular flexibility index (Phi) is 3.68. The maximum atomic E-state index is 12.5. The number of ether oxygens (including phenoxy) is 1. The van der Waals surface area contributed by atoms with Crippen molar-refractivity contribution in [2.75, 3.05) is 18.9 Å².